The minimum Gasteiger partial charge on any atom is -0.478 e. The van der Waals surface area contributed by atoms with Gasteiger partial charge in [0, 0.05) is 27.8 Å². The molecule has 1 aromatic carbocycles. The molecule has 0 saturated carbocycles. The summed E-state index contributed by atoms with van der Waals surface area (Å²) < 4.78 is 0.825. The van der Waals surface area contributed by atoms with Crippen LogP contribution >= 0.6 is 15.9 Å². The zero-order valence-corrected chi connectivity index (χ0v) is 11.8. The van der Waals surface area contributed by atoms with Crippen LogP contribution in [0.2, 0.25) is 0 Å². The second-order valence-electron chi connectivity index (χ2n) is 4.26. The van der Waals surface area contributed by atoms with E-state index in [0.717, 1.165) is 10.0 Å². The Hall–Kier alpha value is -2.27. The first-order chi connectivity index (χ1) is 9.65. The van der Waals surface area contributed by atoms with Gasteiger partial charge in [-0.05, 0) is 36.4 Å². The Labute approximate surface area is 123 Å². The lowest BCUT2D eigenvalue weighted by Gasteiger charge is -2.07. The summed E-state index contributed by atoms with van der Waals surface area (Å²) in [6.45, 7) is 0. The minimum atomic E-state index is -0.967. The predicted octanol–water partition coefficient (Wildman–Crippen LogP) is 3.76. The van der Waals surface area contributed by atoms with Crippen molar-refractivity contribution in [3.8, 4) is 11.3 Å². The van der Waals surface area contributed by atoms with Crippen LogP contribution < -0.4 is 0 Å². The number of benzene rings is 1. The average molecular weight is 329 g/mol. The molecule has 0 radical (unpaired) electrons. The van der Waals surface area contributed by atoms with Crippen molar-refractivity contribution in [3.63, 3.8) is 0 Å². The SMILES string of the molecule is O=C(O)c1cc(-c2ccncc2)nc2ccc(Br)cc12. The molecule has 2 heterocycles. The maximum atomic E-state index is 11.5. The van der Waals surface area contributed by atoms with Crippen LogP contribution in [0.1, 0.15) is 10.4 Å². The number of hydrogen-bond acceptors (Lipinski definition) is 3. The summed E-state index contributed by atoms with van der Waals surface area (Å²) in [7, 11) is 0. The molecule has 5 heteroatoms. The van der Waals surface area contributed by atoms with Crippen molar-refractivity contribution in [1.29, 1.82) is 0 Å². The summed E-state index contributed by atoms with van der Waals surface area (Å²) in [4.78, 5) is 19.9. The van der Waals surface area contributed by atoms with Gasteiger partial charge in [-0.2, -0.15) is 0 Å². The molecule has 0 bridgehead atoms. The minimum absolute atomic E-state index is 0.239. The smallest absolute Gasteiger partial charge is 0.336 e. The van der Waals surface area contributed by atoms with Gasteiger partial charge in [-0.3, -0.25) is 4.98 Å². The first-order valence-corrected chi connectivity index (χ1v) is 6.68. The average Bonchev–Trinajstić information content (AvgIpc) is 2.47. The highest BCUT2D eigenvalue weighted by molar-refractivity contribution is 9.10. The van der Waals surface area contributed by atoms with Crippen LogP contribution in [0.4, 0.5) is 0 Å². The first-order valence-electron chi connectivity index (χ1n) is 5.89. The van der Waals surface area contributed by atoms with Crippen LogP contribution in [-0.2, 0) is 0 Å². The van der Waals surface area contributed by atoms with E-state index in [-0.39, 0.29) is 5.56 Å². The van der Waals surface area contributed by atoms with E-state index in [1.807, 2.05) is 6.07 Å². The molecule has 0 spiro atoms. The second-order valence-corrected chi connectivity index (χ2v) is 5.17. The number of rotatable bonds is 2. The van der Waals surface area contributed by atoms with Crippen LogP contribution in [0.5, 0.6) is 0 Å². The Morgan fingerprint density at radius 2 is 1.85 bits per heavy atom. The van der Waals surface area contributed by atoms with Crippen LogP contribution in [0, 0.1) is 0 Å². The number of nitrogens with zero attached hydrogens (tertiary/aromatic N) is 2. The molecular weight excluding hydrogens is 320 g/mol. The number of carbonyl (C=O) groups is 1. The molecule has 1 N–H and O–H groups in total. The lowest BCUT2D eigenvalue weighted by Crippen LogP contribution is -2.00. The van der Waals surface area contributed by atoms with Crippen LogP contribution in [0.25, 0.3) is 22.2 Å². The fraction of sp³-hybridized carbons (Fsp3) is 0. The van der Waals surface area contributed by atoms with Gasteiger partial charge in [0.1, 0.15) is 0 Å². The van der Waals surface area contributed by atoms with Gasteiger partial charge in [0.15, 0.2) is 0 Å². The lowest BCUT2D eigenvalue weighted by atomic mass is 10.0. The Bertz CT molecular complexity index is 804. The number of fused-ring (bicyclic) bond motifs is 1. The lowest BCUT2D eigenvalue weighted by molar-refractivity contribution is 0.0699. The number of aromatic carboxylic acids is 1. The molecule has 0 amide bonds. The third-order valence-electron chi connectivity index (χ3n) is 2.98. The summed E-state index contributed by atoms with van der Waals surface area (Å²) >= 11 is 3.35. The fourth-order valence-electron chi connectivity index (χ4n) is 2.05. The molecule has 0 aliphatic rings. The van der Waals surface area contributed by atoms with Crippen molar-refractivity contribution >= 4 is 32.8 Å². The van der Waals surface area contributed by atoms with E-state index < -0.39 is 5.97 Å². The number of aromatic nitrogens is 2. The monoisotopic (exact) mass is 328 g/mol. The summed E-state index contributed by atoms with van der Waals surface area (Å²) in [5.74, 6) is -0.967. The maximum absolute atomic E-state index is 11.5. The van der Waals surface area contributed by atoms with Gasteiger partial charge in [0.05, 0.1) is 16.8 Å². The Morgan fingerprint density at radius 3 is 2.55 bits per heavy atom. The molecule has 4 nitrogen and oxygen atoms in total. The van der Waals surface area contributed by atoms with E-state index in [4.69, 9.17) is 0 Å². The number of carboxylic acids is 1. The third-order valence-corrected chi connectivity index (χ3v) is 3.47. The second kappa shape index (κ2) is 5.02. The van der Waals surface area contributed by atoms with E-state index in [2.05, 4.69) is 25.9 Å². The summed E-state index contributed by atoms with van der Waals surface area (Å²) in [5.41, 5.74) is 2.36. The van der Waals surface area contributed by atoms with Crippen LogP contribution in [0.15, 0.2) is 53.3 Å². The Balaban J connectivity index is 2.32. The highest BCUT2D eigenvalue weighted by atomic mass is 79.9. The van der Waals surface area contributed by atoms with Gasteiger partial charge >= 0.3 is 5.97 Å². The highest BCUT2D eigenvalue weighted by Crippen LogP contribution is 2.26. The molecule has 0 atom stereocenters. The normalized spacial score (nSPS) is 10.7. The standard InChI is InChI=1S/C15H9BrN2O2/c16-10-1-2-13-11(7-10)12(15(19)20)8-14(18-13)9-3-5-17-6-4-9/h1-8H,(H,19,20). The van der Waals surface area contributed by atoms with Crippen LogP contribution in [0.3, 0.4) is 0 Å². The molecule has 3 rings (SSSR count). The summed E-state index contributed by atoms with van der Waals surface area (Å²) in [5, 5.41) is 10.0. The van der Waals surface area contributed by atoms with Crippen molar-refractivity contribution in [3.05, 3.63) is 58.8 Å². The van der Waals surface area contributed by atoms with Crippen molar-refractivity contribution < 1.29 is 9.90 Å². The van der Waals surface area contributed by atoms with Gasteiger partial charge in [-0.1, -0.05) is 15.9 Å². The van der Waals surface area contributed by atoms with E-state index in [1.165, 1.54) is 0 Å². The van der Waals surface area contributed by atoms with E-state index in [9.17, 15) is 9.90 Å². The summed E-state index contributed by atoms with van der Waals surface area (Å²) in [6.07, 6.45) is 3.31. The van der Waals surface area contributed by atoms with Crippen LogP contribution in [-0.4, -0.2) is 21.0 Å². The van der Waals surface area contributed by atoms with Gasteiger partial charge in [0.25, 0.3) is 0 Å². The number of halogens is 1. The number of pyridine rings is 2. The fourth-order valence-corrected chi connectivity index (χ4v) is 2.41. The zero-order chi connectivity index (χ0) is 14.1. The van der Waals surface area contributed by atoms with Crippen molar-refractivity contribution in [2.45, 2.75) is 0 Å². The Morgan fingerprint density at radius 1 is 1.10 bits per heavy atom. The molecule has 0 saturated heterocycles. The molecule has 0 fully saturated rings. The summed E-state index contributed by atoms with van der Waals surface area (Å²) in [6, 6.07) is 10.6. The Kier molecular flexibility index (Phi) is 3.20. The molecule has 0 aliphatic heterocycles. The molecule has 0 aliphatic carbocycles. The maximum Gasteiger partial charge on any atom is 0.336 e. The van der Waals surface area contributed by atoms with Gasteiger partial charge in [-0.15, -0.1) is 0 Å². The highest BCUT2D eigenvalue weighted by Gasteiger charge is 2.13. The van der Waals surface area contributed by atoms with E-state index >= 15 is 0 Å². The van der Waals surface area contributed by atoms with Crippen molar-refractivity contribution in [1.82, 2.24) is 9.97 Å². The van der Waals surface area contributed by atoms with Gasteiger partial charge in [-0.25, -0.2) is 9.78 Å². The first kappa shape index (κ1) is 12.7. The quantitative estimate of drug-likeness (QED) is 0.778. The van der Waals surface area contributed by atoms with E-state index in [1.54, 1.807) is 42.7 Å². The molecule has 0 unspecified atom stereocenters. The topological polar surface area (TPSA) is 63.1 Å². The predicted molar refractivity (Wildman–Crippen MR) is 79.6 cm³/mol. The molecule has 20 heavy (non-hydrogen) atoms. The zero-order valence-electron chi connectivity index (χ0n) is 10.2. The van der Waals surface area contributed by atoms with Gasteiger partial charge < -0.3 is 5.11 Å². The molecular formula is C15H9BrN2O2. The molecule has 2 aromatic heterocycles. The molecule has 3 aromatic rings. The number of hydrogen-bond donors (Lipinski definition) is 1. The third kappa shape index (κ3) is 2.28. The number of carboxylic acid groups (broad SMARTS) is 1. The van der Waals surface area contributed by atoms with Gasteiger partial charge in [0.2, 0.25) is 0 Å². The van der Waals surface area contributed by atoms with Crippen molar-refractivity contribution in [2.24, 2.45) is 0 Å². The van der Waals surface area contributed by atoms with E-state index in [0.29, 0.717) is 16.6 Å². The molecule has 98 valence electrons. The van der Waals surface area contributed by atoms with Crippen molar-refractivity contribution in [2.75, 3.05) is 0 Å². The largest absolute Gasteiger partial charge is 0.478 e.